The smallest absolute Gasteiger partial charge is 0.314 e. The minimum absolute atomic E-state index is 0.128. The molecule has 4 rings (SSSR count). The number of para-hydroxylation sites is 2. The first-order valence-corrected chi connectivity index (χ1v) is 13.6. The van der Waals surface area contributed by atoms with Gasteiger partial charge in [-0.3, -0.25) is 9.36 Å². The molecule has 0 saturated carbocycles. The molecular formula is C32H38N4O2. The zero-order valence-electron chi connectivity index (χ0n) is 23.1. The van der Waals surface area contributed by atoms with Crippen LogP contribution in [0.25, 0.3) is 16.6 Å². The van der Waals surface area contributed by atoms with Gasteiger partial charge in [-0.1, -0.05) is 70.2 Å². The van der Waals surface area contributed by atoms with Crippen molar-refractivity contribution >= 4 is 22.6 Å². The Labute approximate surface area is 225 Å². The van der Waals surface area contributed by atoms with Gasteiger partial charge in [-0.25, -0.2) is 9.78 Å². The number of hydrogen-bond donors (Lipinski definition) is 1. The highest BCUT2D eigenvalue weighted by Crippen LogP contribution is 2.28. The van der Waals surface area contributed by atoms with Gasteiger partial charge >= 0.3 is 6.03 Å². The molecular weight excluding hydrogens is 472 g/mol. The average molecular weight is 511 g/mol. The Hall–Kier alpha value is -3.93. The van der Waals surface area contributed by atoms with Gasteiger partial charge in [0.2, 0.25) is 0 Å². The van der Waals surface area contributed by atoms with Gasteiger partial charge in [0.05, 0.1) is 22.6 Å². The predicted octanol–water partition coefficient (Wildman–Crippen LogP) is 7.29. The Morgan fingerprint density at radius 3 is 2.32 bits per heavy atom. The SMILES string of the molecule is CCc1ccc(-n2c(C(CC)N(CCC(C)C)C(=O)Nc3ccccc3C)nc3ccccc3c2=O)cc1. The van der Waals surface area contributed by atoms with Crippen molar-refractivity contribution in [3.05, 3.63) is 100 Å². The highest BCUT2D eigenvalue weighted by atomic mass is 16.2. The molecule has 1 atom stereocenters. The Morgan fingerprint density at radius 1 is 0.974 bits per heavy atom. The molecule has 1 N–H and O–H groups in total. The number of carbonyl (C=O) groups is 1. The van der Waals surface area contributed by atoms with Crippen LogP contribution in [0, 0.1) is 12.8 Å². The average Bonchev–Trinajstić information content (AvgIpc) is 2.92. The van der Waals surface area contributed by atoms with Gasteiger partial charge in [-0.2, -0.15) is 0 Å². The number of anilines is 1. The van der Waals surface area contributed by atoms with Crippen molar-refractivity contribution in [2.75, 3.05) is 11.9 Å². The van der Waals surface area contributed by atoms with Crippen molar-refractivity contribution in [3.8, 4) is 5.69 Å². The molecule has 6 nitrogen and oxygen atoms in total. The molecule has 1 heterocycles. The molecule has 6 heteroatoms. The third-order valence-corrected chi connectivity index (χ3v) is 7.06. The van der Waals surface area contributed by atoms with Gasteiger partial charge in [0.1, 0.15) is 5.82 Å². The number of fused-ring (bicyclic) bond motifs is 1. The number of amides is 2. The molecule has 0 aliphatic heterocycles. The molecule has 38 heavy (non-hydrogen) atoms. The van der Waals surface area contributed by atoms with Crippen molar-refractivity contribution < 1.29 is 4.79 Å². The van der Waals surface area contributed by atoms with E-state index in [4.69, 9.17) is 4.98 Å². The molecule has 2 amide bonds. The van der Waals surface area contributed by atoms with Crippen LogP contribution < -0.4 is 10.9 Å². The van der Waals surface area contributed by atoms with Gasteiger partial charge in [0, 0.05) is 12.2 Å². The number of hydrogen-bond acceptors (Lipinski definition) is 3. The molecule has 0 fully saturated rings. The molecule has 0 spiro atoms. The highest BCUT2D eigenvalue weighted by molar-refractivity contribution is 5.90. The van der Waals surface area contributed by atoms with Crippen LogP contribution in [0.1, 0.15) is 63.5 Å². The van der Waals surface area contributed by atoms with E-state index in [1.165, 1.54) is 5.56 Å². The molecule has 3 aromatic carbocycles. The Balaban J connectivity index is 1.87. The lowest BCUT2D eigenvalue weighted by Crippen LogP contribution is -2.41. The standard InChI is InChI=1S/C32H38N4O2/c1-6-24-16-18-25(19-17-24)36-30(33-28-15-11-9-13-26(28)31(36)37)29(7-2)35(21-20-22(3)4)32(38)34-27-14-10-8-12-23(27)5/h8-19,22,29H,6-7,20-21H2,1-5H3,(H,34,38). The van der Waals surface area contributed by atoms with Gasteiger partial charge in [-0.05, 0) is 73.6 Å². The lowest BCUT2D eigenvalue weighted by molar-refractivity contribution is 0.176. The first-order valence-electron chi connectivity index (χ1n) is 13.6. The maximum Gasteiger partial charge on any atom is 0.322 e. The van der Waals surface area contributed by atoms with Crippen LogP contribution in [-0.2, 0) is 6.42 Å². The van der Waals surface area contributed by atoms with Crippen LogP contribution in [0.2, 0.25) is 0 Å². The normalized spacial score (nSPS) is 12.1. The first kappa shape index (κ1) is 27.1. The minimum atomic E-state index is -0.402. The van der Waals surface area contributed by atoms with Gasteiger partial charge in [0.25, 0.3) is 5.56 Å². The van der Waals surface area contributed by atoms with Crippen molar-refractivity contribution in [1.29, 1.82) is 0 Å². The van der Waals surface area contributed by atoms with E-state index in [0.717, 1.165) is 29.8 Å². The van der Waals surface area contributed by atoms with E-state index >= 15 is 0 Å². The molecule has 198 valence electrons. The summed E-state index contributed by atoms with van der Waals surface area (Å²) < 4.78 is 1.69. The van der Waals surface area contributed by atoms with Crippen LogP contribution in [0.4, 0.5) is 10.5 Å². The topological polar surface area (TPSA) is 67.2 Å². The number of aromatic nitrogens is 2. The summed E-state index contributed by atoms with van der Waals surface area (Å²) in [5, 5.41) is 3.68. The van der Waals surface area contributed by atoms with Crippen LogP contribution in [0.15, 0.2) is 77.6 Å². The van der Waals surface area contributed by atoms with Crippen molar-refractivity contribution in [2.45, 2.75) is 59.9 Å². The Bertz CT molecular complexity index is 1460. The fourth-order valence-electron chi connectivity index (χ4n) is 4.74. The summed E-state index contributed by atoms with van der Waals surface area (Å²) in [6, 6.07) is 22.6. The van der Waals surface area contributed by atoms with E-state index in [9.17, 15) is 9.59 Å². The maximum atomic E-state index is 13.9. The quantitative estimate of drug-likeness (QED) is 0.257. The summed E-state index contributed by atoms with van der Waals surface area (Å²) in [6.07, 6.45) is 2.36. The van der Waals surface area contributed by atoms with Gasteiger partial charge in [0.15, 0.2) is 0 Å². The molecule has 1 unspecified atom stereocenters. The molecule has 4 aromatic rings. The van der Waals surface area contributed by atoms with Crippen LogP contribution >= 0.6 is 0 Å². The zero-order chi connectivity index (χ0) is 27.2. The summed E-state index contributed by atoms with van der Waals surface area (Å²) in [5.74, 6) is 0.985. The molecule has 0 aliphatic carbocycles. The lowest BCUT2D eigenvalue weighted by atomic mass is 10.1. The summed E-state index contributed by atoms with van der Waals surface area (Å²) in [7, 11) is 0. The number of urea groups is 1. The number of nitrogens with one attached hydrogen (secondary N) is 1. The molecule has 0 bridgehead atoms. The lowest BCUT2D eigenvalue weighted by Gasteiger charge is -2.33. The monoisotopic (exact) mass is 510 g/mol. The van der Waals surface area contributed by atoms with Crippen molar-refractivity contribution in [3.63, 3.8) is 0 Å². The number of rotatable bonds is 9. The number of carbonyl (C=O) groups excluding carboxylic acids is 1. The molecule has 0 radical (unpaired) electrons. The largest absolute Gasteiger partial charge is 0.322 e. The van der Waals surface area contributed by atoms with Crippen LogP contribution in [0.5, 0.6) is 0 Å². The predicted molar refractivity (Wildman–Crippen MR) is 156 cm³/mol. The van der Waals surface area contributed by atoms with Gasteiger partial charge in [-0.15, -0.1) is 0 Å². The van der Waals surface area contributed by atoms with E-state index in [0.29, 0.717) is 35.6 Å². The van der Waals surface area contributed by atoms with Crippen molar-refractivity contribution in [2.24, 2.45) is 5.92 Å². The summed E-state index contributed by atoms with van der Waals surface area (Å²) in [4.78, 5) is 34.6. The summed E-state index contributed by atoms with van der Waals surface area (Å²) in [6.45, 7) is 11.0. The zero-order valence-corrected chi connectivity index (χ0v) is 23.1. The van der Waals surface area contributed by atoms with Crippen molar-refractivity contribution in [1.82, 2.24) is 14.5 Å². The maximum absolute atomic E-state index is 13.9. The number of aryl methyl sites for hydroxylation is 2. The highest BCUT2D eigenvalue weighted by Gasteiger charge is 2.29. The third kappa shape index (κ3) is 5.80. The second kappa shape index (κ2) is 12.1. The van der Waals surface area contributed by atoms with E-state index < -0.39 is 6.04 Å². The van der Waals surface area contributed by atoms with E-state index in [-0.39, 0.29) is 11.6 Å². The first-order chi connectivity index (χ1) is 18.3. The molecule has 0 saturated heterocycles. The second-order valence-corrected chi connectivity index (χ2v) is 10.2. The Kier molecular flexibility index (Phi) is 8.62. The fourth-order valence-corrected chi connectivity index (χ4v) is 4.74. The van der Waals surface area contributed by atoms with E-state index in [1.807, 2.05) is 91.5 Å². The molecule has 0 aliphatic rings. The Morgan fingerprint density at radius 2 is 1.66 bits per heavy atom. The van der Waals surface area contributed by atoms with E-state index in [1.54, 1.807) is 4.57 Å². The number of benzene rings is 3. The molecule has 1 aromatic heterocycles. The number of nitrogens with zero attached hydrogens (tertiary/aromatic N) is 3. The fraction of sp³-hybridized carbons (Fsp3) is 0.344. The second-order valence-electron chi connectivity index (χ2n) is 10.2. The minimum Gasteiger partial charge on any atom is -0.314 e. The van der Waals surface area contributed by atoms with E-state index in [2.05, 4.69) is 26.1 Å². The third-order valence-electron chi connectivity index (χ3n) is 7.06. The van der Waals surface area contributed by atoms with Crippen LogP contribution in [0.3, 0.4) is 0 Å². The summed E-state index contributed by atoms with van der Waals surface area (Å²) in [5.41, 5.74) is 4.23. The van der Waals surface area contributed by atoms with Gasteiger partial charge < -0.3 is 10.2 Å². The van der Waals surface area contributed by atoms with Crippen LogP contribution in [-0.4, -0.2) is 27.0 Å². The summed E-state index contributed by atoms with van der Waals surface area (Å²) >= 11 is 0.